The van der Waals surface area contributed by atoms with E-state index in [0.29, 0.717) is 11.5 Å². The summed E-state index contributed by atoms with van der Waals surface area (Å²) in [5.74, 6) is 1.78. The summed E-state index contributed by atoms with van der Waals surface area (Å²) in [5, 5.41) is 4.12. The lowest BCUT2D eigenvalue weighted by atomic mass is 9.74. The number of aryl methyl sites for hydroxylation is 3. The maximum absolute atomic E-state index is 6.46. The summed E-state index contributed by atoms with van der Waals surface area (Å²) >= 11 is 0. The fourth-order valence-electron chi connectivity index (χ4n) is 5.37. The molecule has 1 atom stereocenters. The molecular formula is C21H28N6O. The van der Waals surface area contributed by atoms with Crippen LogP contribution < -0.4 is 10.6 Å². The second kappa shape index (κ2) is 6.30. The van der Waals surface area contributed by atoms with E-state index < -0.39 is 0 Å². The molecular weight excluding hydrogens is 352 g/mol. The lowest BCUT2D eigenvalue weighted by Crippen LogP contribution is -2.47. The van der Waals surface area contributed by atoms with Gasteiger partial charge in [0.05, 0.1) is 22.5 Å². The number of hydrogen-bond acceptors (Lipinski definition) is 6. The van der Waals surface area contributed by atoms with E-state index in [0.717, 1.165) is 65.8 Å². The number of rotatable bonds is 2. The van der Waals surface area contributed by atoms with Gasteiger partial charge in [-0.2, -0.15) is 0 Å². The van der Waals surface area contributed by atoms with Crippen LogP contribution in [0.3, 0.4) is 0 Å². The molecule has 148 valence electrons. The van der Waals surface area contributed by atoms with Gasteiger partial charge in [-0.3, -0.25) is 4.40 Å². The Hall–Kier alpha value is -2.41. The highest BCUT2D eigenvalue weighted by atomic mass is 16.5. The predicted molar refractivity (Wildman–Crippen MR) is 108 cm³/mol. The number of hydrogen-bond donors (Lipinski definition) is 1. The van der Waals surface area contributed by atoms with E-state index in [1.807, 2.05) is 26.2 Å². The van der Waals surface area contributed by atoms with Crippen molar-refractivity contribution < 1.29 is 4.52 Å². The van der Waals surface area contributed by atoms with Crippen LogP contribution in [0.2, 0.25) is 0 Å². The van der Waals surface area contributed by atoms with Crippen molar-refractivity contribution in [2.75, 3.05) is 18.0 Å². The van der Waals surface area contributed by atoms with Crippen LogP contribution in [0.25, 0.3) is 16.8 Å². The van der Waals surface area contributed by atoms with E-state index in [2.05, 4.69) is 26.4 Å². The van der Waals surface area contributed by atoms with Crippen LogP contribution in [-0.2, 0) is 0 Å². The van der Waals surface area contributed by atoms with Gasteiger partial charge in [0, 0.05) is 31.5 Å². The molecule has 1 aliphatic heterocycles. The van der Waals surface area contributed by atoms with E-state index >= 15 is 0 Å². The molecule has 0 aromatic carbocycles. The molecule has 1 saturated carbocycles. The van der Waals surface area contributed by atoms with Gasteiger partial charge in [0.2, 0.25) is 5.95 Å². The smallest absolute Gasteiger partial charge is 0.211 e. The minimum absolute atomic E-state index is 0.343. The molecule has 7 nitrogen and oxygen atoms in total. The Morgan fingerprint density at radius 2 is 1.89 bits per heavy atom. The molecule has 4 heterocycles. The maximum atomic E-state index is 6.46. The Bertz CT molecular complexity index is 1010. The summed E-state index contributed by atoms with van der Waals surface area (Å²) in [6.45, 7) is 7.96. The summed E-state index contributed by atoms with van der Waals surface area (Å²) in [4.78, 5) is 12.1. The van der Waals surface area contributed by atoms with E-state index in [-0.39, 0.29) is 0 Å². The number of anilines is 1. The second-order valence-corrected chi connectivity index (χ2v) is 8.54. The summed E-state index contributed by atoms with van der Waals surface area (Å²) in [7, 11) is 0. The highest BCUT2D eigenvalue weighted by Gasteiger charge is 2.43. The first-order valence-corrected chi connectivity index (χ1v) is 10.3. The van der Waals surface area contributed by atoms with Crippen molar-refractivity contribution in [3.05, 3.63) is 29.5 Å². The number of nitrogens with zero attached hydrogens (tertiary/aromatic N) is 5. The topological polar surface area (TPSA) is 85.5 Å². The average Bonchev–Trinajstić information content (AvgIpc) is 3.38. The molecule has 0 radical (unpaired) electrons. The van der Waals surface area contributed by atoms with Gasteiger partial charge >= 0.3 is 0 Å². The summed E-state index contributed by atoms with van der Waals surface area (Å²) in [6, 6.07) is 0.361. The van der Waals surface area contributed by atoms with Gasteiger partial charge in [-0.05, 0) is 51.9 Å². The number of piperidine rings is 1. The third-order valence-electron chi connectivity index (χ3n) is 7.01. The van der Waals surface area contributed by atoms with Gasteiger partial charge in [0.15, 0.2) is 0 Å². The number of aromatic nitrogens is 4. The standard InChI is InChI=1S/C21H28N6O/c1-13-18(17-14(2)25-28-15(17)3)19-23-9-12-27(19)20(24-13)26-10-7-21(8-11-26)6-4-5-16(21)22/h9,12,16H,4-8,10-11,22H2,1-3H3/t16-/m1/s1. The monoisotopic (exact) mass is 380 g/mol. The SMILES string of the molecule is Cc1noc(C)c1-c1c(C)nc(N2CCC3(CCC[C@H]3N)CC2)n2ccnc12. The molecule has 1 saturated heterocycles. The minimum Gasteiger partial charge on any atom is -0.361 e. The van der Waals surface area contributed by atoms with Crippen LogP contribution in [0.1, 0.15) is 49.3 Å². The van der Waals surface area contributed by atoms with Crippen LogP contribution in [0.5, 0.6) is 0 Å². The Morgan fingerprint density at radius 3 is 2.54 bits per heavy atom. The van der Waals surface area contributed by atoms with Gasteiger partial charge < -0.3 is 15.2 Å². The fraction of sp³-hybridized carbons (Fsp3) is 0.571. The molecule has 7 heteroatoms. The van der Waals surface area contributed by atoms with Crippen molar-refractivity contribution in [1.82, 2.24) is 19.5 Å². The van der Waals surface area contributed by atoms with Crippen LogP contribution in [-0.4, -0.2) is 38.7 Å². The van der Waals surface area contributed by atoms with Crippen molar-refractivity contribution >= 4 is 11.6 Å². The quantitative estimate of drug-likeness (QED) is 0.733. The van der Waals surface area contributed by atoms with E-state index in [4.69, 9.17) is 15.2 Å². The van der Waals surface area contributed by atoms with Crippen molar-refractivity contribution in [3.63, 3.8) is 0 Å². The zero-order chi connectivity index (χ0) is 19.5. The molecule has 2 aliphatic rings. The van der Waals surface area contributed by atoms with E-state index in [1.54, 1.807) is 0 Å². The normalized spacial score (nSPS) is 21.9. The number of nitrogens with two attached hydrogens (primary N) is 1. The first-order chi connectivity index (χ1) is 13.5. The van der Waals surface area contributed by atoms with Crippen molar-refractivity contribution in [1.29, 1.82) is 0 Å². The molecule has 2 N–H and O–H groups in total. The average molecular weight is 380 g/mol. The van der Waals surface area contributed by atoms with Gasteiger partial charge in [0.25, 0.3) is 0 Å². The molecule has 3 aromatic rings. The third kappa shape index (κ3) is 2.49. The summed E-state index contributed by atoms with van der Waals surface area (Å²) in [6.07, 6.45) is 9.88. The second-order valence-electron chi connectivity index (χ2n) is 8.54. The van der Waals surface area contributed by atoms with Gasteiger partial charge in [-0.25, -0.2) is 9.97 Å². The van der Waals surface area contributed by atoms with Gasteiger partial charge in [0.1, 0.15) is 11.4 Å². The van der Waals surface area contributed by atoms with Crippen LogP contribution >= 0.6 is 0 Å². The Kier molecular flexibility index (Phi) is 3.98. The number of imidazole rings is 1. The first kappa shape index (κ1) is 17.7. The highest BCUT2D eigenvalue weighted by Crippen LogP contribution is 2.46. The molecule has 0 unspecified atom stereocenters. The maximum Gasteiger partial charge on any atom is 0.211 e. The number of fused-ring (bicyclic) bond motifs is 1. The van der Waals surface area contributed by atoms with Gasteiger partial charge in [-0.15, -0.1) is 0 Å². The largest absolute Gasteiger partial charge is 0.361 e. The van der Waals surface area contributed by atoms with Crippen molar-refractivity contribution in [3.8, 4) is 11.1 Å². The lowest BCUT2D eigenvalue weighted by molar-refractivity contribution is 0.197. The van der Waals surface area contributed by atoms with Crippen LogP contribution in [0.4, 0.5) is 5.95 Å². The molecule has 28 heavy (non-hydrogen) atoms. The zero-order valence-electron chi connectivity index (χ0n) is 16.9. The lowest BCUT2D eigenvalue weighted by Gasteiger charge is -2.42. The fourth-order valence-corrected chi connectivity index (χ4v) is 5.37. The minimum atomic E-state index is 0.343. The van der Waals surface area contributed by atoms with E-state index in [9.17, 15) is 0 Å². The van der Waals surface area contributed by atoms with Crippen molar-refractivity contribution in [2.24, 2.45) is 11.1 Å². The highest BCUT2D eigenvalue weighted by molar-refractivity contribution is 5.83. The zero-order valence-corrected chi connectivity index (χ0v) is 16.9. The first-order valence-electron chi connectivity index (χ1n) is 10.3. The Balaban J connectivity index is 1.54. The molecule has 3 aromatic heterocycles. The Labute approximate surface area is 164 Å². The molecule has 2 fully saturated rings. The van der Waals surface area contributed by atoms with Crippen molar-refractivity contribution in [2.45, 2.75) is 58.9 Å². The molecule has 1 spiro atoms. The predicted octanol–water partition coefficient (Wildman–Crippen LogP) is 3.41. The Morgan fingerprint density at radius 1 is 1.11 bits per heavy atom. The molecule has 0 amide bonds. The van der Waals surface area contributed by atoms with Gasteiger partial charge in [-0.1, -0.05) is 11.6 Å². The van der Waals surface area contributed by atoms with Crippen LogP contribution in [0, 0.1) is 26.2 Å². The van der Waals surface area contributed by atoms with Crippen LogP contribution in [0.15, 0.2) is 16.9 Å². The molecule has 5 rings (SSSR count). The van der Waals surface area contributed by atoms with E-state index in [1.165, 1.54) is 19.3 Å². The third-order valence-corrected chi connectivity index (χ3v) is 7.01. The molecule has 0 bridgehead atoms. The molecule has 1 aliphatic carbocycles. The summed E-state index contributed by atoms with van der Waals surface area (Å²) in [5.41, 5.74) is 11.6. The summed E-state index contributed by atoms with van der Waals surface area (Å²) < 4.78 is 7.52.